The van der Waals surface area contributed by atoms with Crippen molar-refractivity contribution < 1.29 is 22.7 Å². The van der Waals surface area contributed by atoms with Crippen LogP contribution in [0.2, 0.25) is 0 Å². The minimum absolute atomic E-state index is 0.0389. The number of sulfonamides is 1. The van der Waals surface area contributed by atoms with Crippen LogP contribution in [0.15, 0.2) is 29.2 Å². The van der Waals surface area contributed by atoms with Crippen LogP contribution >= 0.6 is 0 Å². The standard InChI is InChI=1S/C20H29N3O5S/c1-16-7-3-4-12-23(16)29(26,27)18-9-5-8-17(15-18)19(24)21-10-6-11-22(14-13-21)20(25)28-2/h5,8-9,15-16H,3-4,6-7,10-14H2,1-2H3. The second-order valence-corrected chi connectivity index (χ2v) is 9.48. The molecular weight excluding hydrogens is 394 g/mol. The molecule has 2 fully saturated rings. The molecule has 1 aromatic rings. The van der Waals surface area contributed by atoms with Crippen LogP contribution in [0.3, 0.4) is 0 Å². The van der Waals surface area contributed by atoms with Crippen molar-refractivity contribution in [3.05, 3.63) is 29.8 Å². The third-order valence-corrected chi connectivity index (χ3v) is 7.66. The molecule has 2 saturated heterocycles. The topological polar surface area (TPSA) is 87.2 Å². The summed E-state index contributed by atoms with van der Waals surface area (Å²) in [5, 5.41) is 0. The van der Waals surface area contributed by atoms with Gasteiger partial charge in [0.15, 0.2) is 0 Å². The highest BCUT2D eigenvalue weighted by Gasteiger charge is 2.31. The molecule has 0 N–H and O–H groups in total. The van der Waals surface area contributed by atoms with E-state index in [0.29, 0.717) is 44.7 Å². The van der Waals surface area contributed by atoms with Crippen LogP contribution < -0.4 is 0 Å². The molecule has 1 unspecified atom stereocenters. The first kappa shape index (κ1) is 21.6. The number of nitrogens with zero attached hydrogens (tertiary/aromatic N) is 3. The van der Waals surface area contributed by atoms with Gasteiger partial charge in [-0.2, -0.15) is 4.31 Å². The van der Waals surface area contributed by atoms with Gasteiger partial charge in [-0.3, -0.25) is 4.79 Å². The summed E-state index contributed by atoms with van der Waals surface area (Å²) in [5.41, 5.74) is 0.349. The summed E-state index contributed by atoms with van der Waals surface area (Å²) in [6.45, 7) is 4.24. The fraction of sp³-hybridized carbons (Fsp3) is 0.600. The lowest BCUT2D eigenvalue weighted by Gasteiger charge is -2.32. The summed E-state index contributed by atoms with van der Waals surface area (Å²) in [7, 11) is -2.30. The van der Waals surface area contributed by atoms with E-state index in [-0.39, 0.29) is 16.8 Å². The van der Waals surface area contributed by atoms with Gasteiger partial charge in [0.2, 0.25) is 10.0 Å². The van der Waals surface area contributed by atoms with Gasteiger partial charge in [-0.15, -0.1) is 0 Å². The molecule has 2 aliphatic rings. The molecule has 0 radical (unpaired) electrons. The third-order valence-electron chi connectivity index (χ3n) is 5.65. The highest BCUT2D eigenvalue weighted by molar-refractivity contribution is 7.89. The van der Waals surface area contributed by atoms with E-state index in [1.54, 1.807) is 32.3 Å². The van der Waals surface area contributed by atoms with Crippen LogP contribution in [-0.4, -0.2) is 80.4 Å². The van der Waals surface area contributed by atoms with Crippen LogP contribution in [0.5, 0.6) is 0 Å². The molecular formula is C20H29N3O5S. The van der Waals surface area contributed by atoms with E-state index in [1.165, 1.54) is 13.2 Å². The van der Waals surface area contributed by atoms with E-state index in [4.69, 9.17) is 4.74 Å². The molecule has 9 heteroatoms. The van der Waals surface area contributed by atoms with Gasteiger partial charge in [0.1, 0.15) is 0 Å². The Morgan fingerprint density at radius 2 is 1.72 bits per heavy atom. The number of benzene rings is 1. The normalized spacial score (nSPS) is 21.5. The third kappa shape index (κ3) is 4.72. The Kier molecular flexibility index (Phi) is 6.79. The van der Waals surface area contributed by atoms with Crippen molar-refractivity contribution >= 4 is 22.0 Å². The molecule has 1 atom stereocenters. The van der Waals surface area contributed by atoms with E-state index < -0.39 is 16.1 Å². The lowest BCUT2D eigenvalue weighted by Crippen LogP contribution is -2.42. The van der Waals surface area contributed by atoms with Gasteiger partial charge in [-0.05, 0) is 44.4 Å². The number of ether oxygens (including phenoxy) is 1. The Morgan fingerprint density at radius 3 is 2.45 bits per heavy atom. The first-order valence-electron chi connectivity index (χ1n) is 10.1. The molecule has 0 saturated carbocycles. The molecule has 2 aliphatic heterocycles. The molecule has 0 aliphatic carbocycles. The zero-order valence-corrected chi connectivity index (χ0v) is 17.9. The predicted octanol–water partition coefficient (Wildman–Crippen LogP) is 2.16. The molecule has 1 aromatic carbocycles. The maximum Gasteiger partial charge on any atom is 0.409 e. The van der Waals surface area contributed by atoms with Gasteiger partial charge in [0.05, 0.1) is 12.0 Å². The Hall–Kier alpha value is -2.13. The van der Waals surface area contributed by atoms with Gasteiger partial charge in [-0.25, -0.2) is 13.2 Å². The molecule has 3 rings (SSSR count). The molecule has 0 spiro atoms. The summed E-state index contributed by atoms with van der Waals surface area (Å²) in [4.78, 5) is 28.1. The number of carbonyl (C=O) groups excluding carboxylic acids is 2. The van der Waals surface area contributed by atoms with Crippen LogP contribution in [0.1, 0.15) is 43.0 Å². The molecule has 2 amide bonds. The summed E-state index contributed by atoms with van der Waals surface area (Å²) >= 11 is 0. The zero-order chi connectivity index (χ0) is 21.0. The van der Waals surface area contributed by atoms with E-state index in [0.717, 1.165) is 19.3 Å². The van der Waals surface area contributed by atoms with Gasteiger partial charge in [-0.1, -0.05) is 12.5 Å². The lowest BCUT2D eigenvalue weighted by molar-refractivity contribution is 0.0757. The molecule has 29 heavy (non-hydrogen) atoms. The summed E-state index contributed by atoms with van der Waals surface area (Å²) < 4.78 is 32.5. The van der Waals surface area contributed by atoms with E-state index in [9.17, 15) is 18.0 Å². The quantitative estimate of drug-likeness (QED) is 0.744. The maximum atomic E-state index is 13.1. The molecule has 2 heterocycles. The number of piperidine rings is 1. The highest BCUT2D eigenvalue weighted by atomic mass is 32.2. The fourth-order valence-electron chi connectivity index (χ4n) is 3.97. The summed E-state index contributed by atoms with van der Waals surface area (Å²) in [5.74, 6) is -0.222. The van der Waals surface area contributed by atoms with Gasteiger partial charge < -0.3 is 14.5 Å². The summed E-state index contributed by atoms with van der Waals surface area (Å²) in [6, 6.07) is 6.25. The monoisotopic (exact) mass is 423 g/mol. The SMILES string of the molecule is COC(=O)N1CCCN(C(=O)c2cccc(S(=O)(=O)N3CCCCC3C)c2)CC1. The minimum atomic E-state index is -3.64. The van der Waals surface area contributed by atoms with Crippen LogP contribution in [-0.2, 0) is 14.8 Å². The first-order valence-corrected chi connectivity index (χ1v) is 11.5. The fourth-order valence-corrected chi connectivity index (χ4v) is 5.71. The van der Waals surface area contributed by atoms with Crippen molar-refractivity contribution in [3.8, 4) is 0 Å². The van der Waals surface area contributed by atoms with E-state index >= 15 is 0 Å². The second kappa shape index (κ2) is 9.13. The Balaban J connectivity index is 1.77. The molecule has 160 valence electrons. The Bertz CT molecular complexity index is 857. The number of amides is 2. The van der Waals surface area contributed by atoms with Crippen molar-refractivity contribution in [2.24, 2.45) is 0 Å². The average Bonchev–Trinajstić information content (AvgIpc) is 2.99. The van der Waals surface area contributed by atoms with Gasteiger partial charge in [0.25, 0.3) is 5.91 Å². The lowest BCUT2D eigenvalue weighted by atomic mass is 10.1. The number of carbonyl (C=O) groups is 2. The smallest absolute Gasteiger partial charge is 0.409 e. The van der Waals surface area contributed by atoms with Crippen molar-refractivity contribution in [2.45, 2.75) is 43.5 Å². The largest absolute Gasteiger partial charge is 0.453 e. The van der Waals surface area contributed by atoms with Crippen molar-refractivity contribution in [1.82, 2.24) is 14.1 Å². The van der Waals surface area contributed by atoms with E-state index in [2.05, 4.69) is 0 Å². The summed E-state index contributed by atoms with van der Waals surface area (Å²) in [6.07, 6.45) is 2.98. The Morgan fingerprint density at radius 1 is 1.00 bits per heavy atom. The number of hydrogen-bond acceptors (Lipinski definition) is 5. The molecule has 0 aromatic heterocycles. The van der Waals surface area contributed by atoms with Gasteiger partial charge in [0, 0.05) is 44.3 Å². The molecule has 8 nitrogen and oxygen atoms in total. The van der Waals surface area contributed by atoms with Crippen LogP contribution in [0.4, 0.5) is 4.79 Å². The average molecular weight is 424 g/mol. The van der Waals surface area contributed by atoms with Crippen molar-refractivity contribution in [2.75, 3.05) is 39.8 Å². The Labute approximate surface area is 172 Å². The number of rotatable bonds is 3. The van der Waals surface area contributed by atoms with Crippen LogP contribution in [0, 0.1) is 0 Å². The molecule has 0 bridgehead atoms. The second-order valence-electron chi connectivity index (χ2n) is 7.59. The van der Waals surface area contributed by atoms with E-state index in [1.807, 2.05) is 6.92 Å². The van der Waals surface area contributed by atoms with Crippen molar-refractivity contribution in [1.29, 1.82) is 0 Å². The number of methoxy groups -OCH3 is 1. The van der Waals surface area contributed by atoms with Crippen molar-refractivity contribution in [3.63, 3.8) is 0 Å². The highest BCUT2D eigenvalue weighted by Crippen LogP contribution is 2.26. The predicted molar refractivity (Wildman–Crippen MR) is 108 cm³/mol. The van der Waals surface area contributed by atoms with Gasteiger partial charge >= 0.3 is 6.09 Å². The zero-order valence-electron chi connectivity index (χ0n) is 17.0. The maximum absolute atomic E-state index is 13.1. The number of hydrogen-bond donors (Lipinski definition) is 0. The minimum Gasteiger partial charge on any atom is -0.453 e. The van der Waals surface area contributed by atoms with Crippen LogP contribution in [0.25, 0.3) is 0 Å². The first-order chi connectivity index (χ1) is 13.8.